The van der Waals surface area contributed by atoms with Gasteiger partial charge in [-0.3, -0.25) is 0 Å². The Balaban J connectivity index is 1.73. The van der Waals surface area contributed by atoms with Gasteiger partial charge in [0.2, 0.25) is 0 Å². The van der Waals surface area contributed by atoms with E-state index in [0.717, 1.165) is 30.9 Å². The van der Waals surface area contributed by atoms with E-state index in [1.165, 1.54) is 36.0 Å². The SMILES string of the molecule is O=C(O)c1csc(CCNC(=O)N2CCCCCCC2)n1. The van der Waals surface area contributed by atoms with Crippen molar-refractivity contribution in [2.24, 2.45) is 0 Å². The summed E-state index contributed by atoms with van der Waals surface area (Å²) in [4.78, 5) is 28.7. The highest BCUT2D eigenvalue weighted by molar-refractivity contribution is 7.09. The summed E-state index contributed by atoms with van der Waals surface area (Å²) in [5.41, 5.74) is 0.0742. The Kier molecular flexibility index (Phi) is 5.98. The highest BCUT2D eigenvalue weighted by Crippen LogP contribution is 2.11. The fraction of sp³-hybridized carbons (Fsp3) is 0.643. The number of thiazole rings is 1. The van der Waals surface area contributed by atoms with E-state index >= 15 is 0 Å². The highest BCUT2D eigenvalue weighted by atomic mass is 32.1. The van der Waals surface area contributed by atoms with Crippen LogP contribution in [-0.2, 0) is 6.42 Å². The minimum Gasteiger partial charge on any atom is -0.476 e. The molecule has 0 unspecified atom stereocenters. The predicted octanol–water partition coefficient (Wildman–Crippen LogP) is 2.36. The lowest BCUT2D eigenvalue weighted by Gasteiger charge is -2.24. The van der Waals surface area contributed by atoms with Crippen molar-refractivity contribution in [3.63, 3.8) is 0 Å². The molecular formula is C14H21N3O3S. The van der Waals surface area contributed by atoms with Gasteiger partial charge in [-0.25, -0.2) is 14.6 Å². The largest absolute Gasteiger partial charge is 0.476 e. The van der Waals surface area contributed by atoms with E-state index in [2.05, 4.69) is 10.3 Å². The van der Waals surface area contributed by atoms with Gasteiger partial charge in [-0.1, -0.05) is 19.3 Å². The molecule has 1 fully saturated rings. The van der Waals surface area contributed by atoms with Crippen molar-refractivity contribution < 1.29 is 14.7 Å². The number of urea groups is 1. The summed E-state index contributed by atoms with van der Waals surface area (Å²) in [5.74, 6) is -1.01. The number of carbonyl (C=O) groups excluding carboxylic acids is 1. The second kappa shape index (κ2) is 7.97. The molecule has 1 aromatic rings. The first-order valence-electron chi connectivity index (χ1n) is 7.37. The van der Waals surface area contributed by atoms with Crippen LogP contribution < -0.4 is 5.32 Å². The van der Waals surface area contributed by atoms with Crippen LogP contribution in [0.25, 0.3) is 0 Å². The summed E-state index contributed by atoms with van der Waals surface area (Å²) >= 11 is 1.31. The lowest BCUT2D eigenvalue weighted by Crippen LogP contribution is -2.42. The van der Waals surface area contributed by atoms with Crippen molar-refractivity contribution in [2.75, 3.05) is 19.6 Å². The Morgan fingerprint density at radius 3 is 2.52 bits per heavy atom. The van der Waals surface area contributed by atoms with Crippen LogP contribution in [0.15, 0.2) is 5.38 Å². The second-order valence-electron chi connectivity index (χ2n) is 5.17. The van der Waals surface area contributed by atoms with Crippen molar-refractivity contribution in [1.82, 2.24) is 15.2 Å². The Morgan fingerprint density at radius 1 is 1.24 bits per heavy atom. The summed E-state index contributed by atoms with van der Waals surface area (Å²) in [5, 5.41) is 14.0. The van der Waals surface area contributed by atoms with Crippen LogP contribution in [0.1, 0.15) is 47.6 Å². The minimum atomic E-state index is -1.01. The minimum absolute atomic E-state index is 0.0214. The van der Waals surface area contributed by atoms with Gasteiger partial charge in [0, 0.05) is 31.4 Å². The average molecular weight is 311 g/mol. The zero-order valence-corrected chi connectivity index (χ0v) is 12.8. The van der Waals surface area contributed by atoms with Crippen molar-refractivity contribution in [1.29, 1.82) is 0 Å². The van der Waals surface area contributed by atoms with Crippen molar-refractivity contribution in [3.8, 4) is 0 Å². The monoisotopic (exact) mass is 311 g/mol. The Hall–Kier alpha value is -1.63. The summed E-state index contributed by atoms with van der Waals surface area (Å²) in [6, 6.07) is -0.0214. The number of carboxylic acids is 1. The van der Waals surface area contributed by atoms with Crippen LogP contribution in [0.5, 0.6) is 0 Å². The van der Waals surface area contributed by atoms with Crippen LogP contribution in [-0.4, -0.2) is 46.6 Å². The van der Waals surface area contributed by atoms with Crippen LogP contribution in [0, 0.1) is 0 Å². The lowest BCUT2D eigenvalue weighted by atomic mass is 10.1. The van der Waals surface area contributed by atoms with E-state index < -0.39 is 5.97 Å². The normalized spacial score (nSPS) is 16.1. The molecule has 2 rings (SSSR count). The number of carbonyl (C=O) groups is 2. The number of carboxylic acid groups (broad SMARTS) is 1. The summed E-state index contributed by atoms with van der Waals surface area (Å²) in [6.07, 6.45) is 6.37. The summed E-state index contributed by atoms with van der Waals surface area (Å²) in [7, 11) is 0. The number of amides is 2. The third-order valence-electron chi connectivity index (χ3n) is 3.53. The van der Waals surface area contributed by atoms with Gasteiger partial charge in [-0.2, -0.15) is 0 Å². The van der Waals surface area contributed by atoms with Crippen molar-refractivity contribution in [2.45, 2.75) is 38.5 Å². The van der Waals surface area contributed by atoms with E-state index in [4.69, 9.17) is 5.11 Å². The molecule has 2 N–H and O–H groups in total. The molecule has 0 aromatic carbocycles. The van der Waals surface area contributed by atoms with Gasteiger partial charge in [-0.05, 0) is 12.8 Å². The zero-order valence-electron chi connectivity index (χ0n) is 12.0. The number of aromatic carboxylic acids is 1. The molecule has 2 heterocycles. The van der Waals surface area contributed by atoms with Crippen LogP contribution in [0.4, 0.5) is 4.79 Å². The standard InChI is InChI=1S/C14H21N3O3S/c18-13(19)11-10-21-12(16-11)6-7-15-14(20)17-8-4-2-1-3-5-9-17/h10H,1-9H2,(H,15,20)(H,18,19). The molecule has 6 nitrogen and oxygen atoms in total. The van der Waals surface area contributed by atoms with Gasteiger partial charge in [0.05, 0.1) is 5.01 Å². The fourth-order valence-corrected chi connectivity index (χ4v) is 3.13. The second-order valence-corrected chi connectivity index (χ2v) is 6.11. The number of nitrogens with one attached hydrogen (secondary N) is 1. The first-order chi connectivity index (χ1) is 10.2. The van der Waals surface area contributed by atoms with Crippen LogP contribution >= 0.6 is 11.3 Å². The zero-order chi connectivity index (χ0) is 15.1. The molecule has 1 aliphatic heterocycles. The Labute approximate surface area is 128 Å². The van der Waals surface area contributed by atoms with E-state index in [-0.39, 0.29) is 11.7 Å². The van der Waals surface area contributed by atoms with E-state index in [9.17, 15) is 9.59 Å². The highest BCUT2D eigenvalue weighted by Gasteiger charge is 2.14. The first-order valence-corrected chi connectivity index (χ1v) is 8.25. The van der Waals surface area contributed by atoms with Gasteiger partial charge < -0.3 is 15.3 Å². The van der Waals surface area contributed by atoms with Gasteiger partial charge in [0.1, 0.15) is 0 Å². The molecule has 0 atom stereocenters. The van der Waals surface area contributed by atoms with Gasteiger partial charge in [-0.15, -0.1) is 11.3 Å². The maximum absolute atomic E-state index is 12.1. The van der Waals surface area contributed by atoms with Crippen molar-refractivity contribution >= 4 is 23.3 Å². The number of hydrogen-bond acceptors (Lipinski definition) is 4. The molecule has 0 saturated carbocycles. The third-order valence-corrected chi connectivity index (χ3v) is 4.44. The molecule has 1 saturated heterocycles. The third kappa shape index (κ3) is 5.00. The molecule has 1 aromatic heterocycles. The molecule has 0 radical (unpaired) electrons. The number of aromatic nitrogens is 1. The molecule has 1 aliphatic rings. The Bertz CT molecular complexity index is 482. The molecule has 0 bridgehead atoms. The van der Waals surface area contributed by atoms with Gasteiger partial charge >= 0.3 is 12.0 Å². The quantitative estimate of drug-likeness (QED) is 0.894. The molecule has 0 spiro atoms. The fourth-order valence-electron chi connectivity index (χ4n) is 2.36. The Morgan fingerprint density at radius 2 is 1.90 bits per heavy atom. The number of hydrogen-bond donors (Lipinski definition) is 2. The van der Waals surface area contributed by atoms with Gasteiger partial charge in [0.25, 0.3) is 0 Å². The lowest BCUT2D eigenvalue weighted by molar-refractivity contribution is 0.0691. The van der Waals surface area contributed by atoms with E-state index in [0.29, 0.717) is 13.0 Å². The van der Waals surface area contributed by atoms with Crippen LogP contribution in [0.3, 0.4) is 0 Å². The van der Waals surface area contributed by atoms with Crippen molar-refractivity contribution in [3.05, 3.63) is 16.1 Å². The number of likely N-dealkylation sites (tertiary alicyclic amines) is 1. The molecule has 7 heteroatoms. The van der Waals surface area contributed by atoms with E-state index in [1.807, 2.05) is 4.90 Å². The summed E-state index contributed by atoms with van der Waals surface area (Å²) in [6.45, 7) is 2.14. The molecular weight excluding hydrogens is 290 g/mol. The number of rotatable bonds is 4. The number of nitrogens with zero attached hydrogens (tertiary/aromatic N) is 2. The topological polar surface area (TPSA) is 82.5 Å². The maximum atomic E-state index is 12.1. The van der Waals surface area contributed by atoms with E-state index in [1.54, 1.807) is 0 Å². The molecule has 2 amide bonds. The van der Waals surface area contributed by atoms with Gasteiger partial charge in [0.15, 0.2) is 5.69 Å². The molecule has 116 valence electrons. The average Bonchev–Trinajstić information content (AvgIpc) is 2.87. The predicted molar refractivity (Wildman–Crippen MR) is 80.8 cm³/mol. The smallest absolute Gasteiger partial charge is 0.355 e. The first kappa shape index (κ1) is 15.8. The maximum Gasteiger partial charge on any atom is 0.355 e. The summed E-state index contributed by atoms with van der Waals surface area (Å²) < 4.78 is 0. The molecule has 21 heavy (non-hydrogen) atoms. The molecule has 0 aliphatic carbocycles. The van der Waals surface area contributed by atoms with Crippen LogP contribution in [0.2, 0.25) is 0 Å².